The molecule has 0 spiro atoms. The molecule has 3 N–H and O–H groups in total. The van der Waals surface area contributed by atoms with Crippen molar-refractivity contribution in [2.45, 2.75) is 51.3 Å². The average molecular weight is 521 g/mol. The smallest absolute Gasteiger partial charge is 0.323 e. The minimum absolute atomic E-state index is 0. The molecule has 1 aliphatic rings. The van der Waals surface area contributed by atoms with Gasteiger partial charge in [-0.05, 0) is 24.9 Å². The van der Waals surface area contributed by atoms with Crippen molar-refractivity contribution in [2.75, 3.05) is 37.3 Å². The van der Waals surface area contributed by atoms with E-state index in [4.69, 9.17) is 19.7 Å². The monoisotopic (exact) mass is 520 g/mol. The standard InChI is InChI=1S/C19H31N6O5PS.H2S/c1-3-4-5-7-28-19(26)15(6-8-32-2)24-31(27)13-29-14(10-30-31)9-25-12-23-16-17(20)21-11-22-18(16)25;/h11-12,14-15H,3-10,13H2,1-2H3,(H,24,27)(H2,20,21,22);1H2/t14-,15-,31?;/m0./s1. The third-order valence-electron chi connectivity index (χ3n) is 5.02. The molecule has 14 heteroatoms. The molecule has 1 unspecified atom stereocenters. The van der Waals surface area contributed by atoms with E-state index in [1.54, 1.807) is 22.7 Å². The summed E-state index contributed by atoms with van der Waals surface area (Å²) in [5.74, 6) is 0.628. The summed E-state index contributed by atoms with van der Waals surface area (Å²) in [4.78, 5) is 24.9. The Balaban J connectivity index is 0.00000385. The minimum Gasteiger partial charge on any atom is -0.465 e. The van der Waals surface area contributed by atoms with Crippen LogP contribution in [0.4, 0.5) is 5.82 Å². The first-order valence-corrected chi connectivity index (χ1v) is 13.9. The molecule has 186 valence electrons. The van der Waals surface area contributed by atoms with Gasteiger partial charge < -0.3 is 24.3 Å². The molecule has 0 bridgehead atoms. The minimum atomic E-state index is -3.34. The molecule has 1 fully saturated rings. The summed E-state index contributed by atoms with van der Waals surface area (Å²) in [6.07, 6.45) is 7.80. The van der Waals surface area contributed by atoms with E-state index in [0.717, 1.165) is 25.0 Å². The third-order valence-corrected chi connectivity index (χ3v) is 7.42. The van der Waals surface area contributed by atoms with E-state index in [2.05, 4.69) is 27.0 Å². The number of carbonyl (C=O) groups is 1. The molecular weight excluding hydrogens is 487 g/mol. The van der Waals surface area contributed by atoms with Crippen molar-refractivity contribution in [3.8, 4) is 0 Å². The van der Waals surface area contributed by atoms with Crippen LogP contribution in [0.3, 0.4) is 0 Å². The zero-order chi connectivity index (χ0) is 23.0. The number of thioether (sulfide) groups is 1. The lowest BCUT2D eigenvalue weighted by Gasteiger charge is -2.32. The second-order valence-corrected chi connectivity index (χ2v) is 10.7. The van der Waals surface area contributed by atoms with Crippen LogP contribution in [0.2, 0.25) is 0 Å². The Morgan fingerprint density at radius 1 is 1.42 bits per heavy atom. The molecule has 33 heavy (non-hydrogen) atoms. The lowest BCUT2D eigenvalue weighted by atomic mass is 10.2. The predicted octanol–water partition coefficient (Wildman–Crippen LogP) is 2.53. The molecule has 0 radical (unpaired) electrons. The van der Waals surface area contributed by atoms with E-state index < -0.39 is 19.5 Å². The number of nitrogens with zero attached hydrogens (tertiary/aromatic N) is 4. The van der Waals surface area contributed by atoms with Gasteiger partial charge in [-0.1, -0.05) is 19.8 Å². The number of unbranched alkanes of at least 4 members (excludes halogenated alkanes) is 2. The van der Waals surface area contributed by atoms with E-state index in [1.807, 2.05) is 6.26 Å². The van der Waals surface area contributed by atoms with Gasteiger partial charge in [-0.2, -0.15) is 25.3 Å². The number of rotatable bonds is 12. The number of fused-ring (bicyclic) bond motifs is 1. The van der Waals surface area contributed by atoms with Crippen LogP contribution in [0.25, 0.3) is 11.2 Å². The number of carbonyl (C=O) groups excluding carboxylic acids is 1. The molecule has 3 heterocycles. The number of anilines is 1. The topological polar surface area (TPSA) is 143 Å². The Morgan fingerprint density at radius 3 is 2.94 bits per heavy atom. The molecule has 0 aliphatic carbocycles. The van der Waals surface area contributed by atoms with Gasteiger partial charge in [-0.15, -0.1) is 0 Å². The van der Waals surface area contributed by atoms with Crippen LogP contribution >= 0.6 is 32.8 Å². The first kappa shape index (κ1) is 27.9. The second kappa shape index (κ2) is 13.5. The molecule has 0 amide bonds. The highest BCUT2D eigenvalue weighted by Gasteiger charge is 2.36. The quantitative estimate of drug-likeness (QED) is 0.242. The Morgan fingerprint density at radius 2 is 2.24 bits per heavy atom. The molecule has 2 aromatic heterocycles. The molecular formula is C19H33N6O5PS2. The van der Waals surface area contributed by atoms with E-state index >= 15 is 0 Å². The summed E-state index contributed by atoms with van der Waals surface area (Å²) >= 11 is 1.61. The van der Waals surface area contributed by atoms with Crippen molar-refractivity contribution in [1.29, 1.82) is 0 Å². The molecule has 11 nitrogen and oxygen atoms in total. The van der Waals surface area contributed by atoms with Crippen molar-refractivity contribution < 1.29 is 23.4 Å². The Hall–Kier alpha value is -1.37. The number of aromatic nitrogens is 4. The Bertz CT molecular complexity index is 937. The molecule has 0 saturated carbocycles. The fourth-order valence-electron chi connectivity index (χ4n) is 3.26. The average Bonchev–Trinajstić information content (AvgIpc) is 3.20. The van der Waals surface area contributed by atoms with Crippen molar-refractivity contribution in [3.05, 3.63) is 12.7 Å². The van der Waals surface area contributed by atoms with E-state index in [0.29, 0.717) is 36.6 Å². The normalized spacial score (nSPS) is 21.5. The van der Waals surface area contributed by atoms with Crippen molar-refractivity contribution >= 4 is 55.7 Å². The summed E-state index contributed by atoms with van der Waals surface area (Å²) in [5.41, 5.74) is 6.93. The predicted molar refractivity (Wildman–Crippen MR) is 134 cm³/mol. The molecule has 3 rings (SSSR count). The van der Waals surface area contributed by atoms with Gasteiger partial charge in [-0.3, -0.25) is 9.36 Å². The number of nitrogen functional groups attached to an aromatic ring is 1. The lowest BCUT2D eigenvalue weighted by Crippen LogP contribution is -2.41. The summed E-state index contributed by atoms with van der Waals surface area (Å²) in [6, 6.07) is -0.702. The van der Waals surface area contributed by atoms with Crippen LogP contribution in [0.5, 0.6) is 0 Å². The van der Waals surface area contributed by atoms with E-state index in [9.17, 15) is 9.36 Å². The highest BCUT2D eigenvalue weighted by molar-refractivity contribution is 7.98. The number of imidazole rings is 1. The maximum atomic E-state index is 13.2. The third kappa shape index (κ3) is 7.83. The van der Waals surface area contributed by atoms with Crippen LogP contribution in [0.1, 0.15) is 32.6 Å². The van der Waals surface area contributed by atoms with Gasteiger partial charge in [0, 0.05) is 0 Å². The highest BCUT2D eigenvalue weighted by Crippen LogP contribution is 2.46. The number of esters is 1. The number of nitrogens with one attached hydrogen (secondary N) is 1. The summed E-state index contributed by atoms with van der Waals surface area (Å²) in [6.45, 7) is 2.96. The summed E-state index contributed by atoms with van der Waals surface area (Å²) in [7, 11) is -3.34. The van der Waals surface area contributed by atoms with Gasteiger partial charge in [0.2, 0.25) is 0 Å². The van der Waals surface area contributed by atoms with E-state index in [1.165, 1.54) is 6.33 Å². The highest BCUT2D eigenvalue weighted by atomic mass is 32.2. The van der Waals surface area contributed by atoms with Crippen LogP contribution in [0.15, 0.2) is 12.7 Å². The Kier molecular flexibility index (Phi) is 11.4. The molecule has 0 aromatic carbocycles. The molecule has 1 aliphatic heterocycles. The fourth-order valence-corrected chi connectivity index (χ4v) is 5.48. The van der Waals surface area contributed by atoms with Crippen LogP contribution in [-0.4, -0.2) is 69.2 Å². The largest absolute Gasteiger partial charge is 0.465 e. The number of nitrogens with two attached hydrogens (primary N) is 1. The Labute approximate surface area is 204 Å². The molecule has 3 atom stereocenters. The van der Waals surface area contributed by atoms with Crippen LogP contribution in [-0.2, 0) is 29.9 Å². The van der Waals surface area contributed by atoms with Gasteiger partial charge in [0.25, 0.3) is 7.52 Å². The zero-order valence-corrected chi connectivity index (χ0v) is 21.6. The van der Waals surface area contributed by atoms with Gasteiger partial charge in [-0.25, -0.2) is 20.0 Å². The maximum Gasteiger partial charge on any atom is 0.323 e. The first-order chi connectivity index (χ1) is 15.5. The zero-order valence-electron chi connectivity index (χ0n) is 18.9. The van der Waals surface area contributed by atoms with Crippen molar-refractivity contribution in [2.24, 2.45) is 0 Å². The maximum absolute atomic E-state index is 13.2. The van der Waals surface area contributed by atoms with Crippen molar-refractivity contribution in [1.82, 2.24) is 24.6 Å². The summed E-state index contributed by atoms with van der Waals surface area (Å²) < 4.78 is 31.8. The van der Waals surface area contributed by atoms with Gasteiger partial charge >= 0.3 is 5.97 Å². The van der Waals surface area contributed by atoms with Gasteiger partial charge in [0.05, 0.1) is 26.1 Å². The van der Waals surface area contributed by atoms with Crippen LogP contribution in [0, 0.1) is 0 Å². The second-order valence-electron chi connectivity index (χ2n) is 7.55. The lowest BCUT2D eigenvalue weighted by molar-refractivity contribution is -0.146. The SMILES string of the molecule is CCCCCOC(=O)[C@H](CCSC)NP1(=O)CO[C@@H](Cn2cnc3c(N)ncnc32)CO1.S. The van der Waals surface area contributed by atoms with Crippen LogP contribution < -0.4 is 10.8 Å². The van der Waals surface area contributed by atoms with Gasteiger partial charge in [0.1, 0.15) is 30.3 Å². The van der Waals surface area contributed by atoms with Crippen molar-refractivity contribution in [3.63, 3.8) is 0 Å². The summed E-state index contributed by atoms with van der Waals surface area (Å²) in [5, 5.41) is 2.89. The van der Waals surface area contributed by atoms with Gasteiger partial charge in [0.15, 0.2) is 11.5 Å². The number of ether oxygens (including phenoxy) is 2. The molecule has 1 saturated heterocycles. The number of hydrogen-bond acceptors (Lipinski definition) is 10. The van der Waals surface area contributed by atoms with E-state index in [-0.39, 0.29) is 32.6 Å². The first-order valence-electron chi connectivity index (χ1n) is 10.7. The fraction of sp³-hybridized carbons (Fsp3) is 0.684. The number of hydrogen-bond donors (Lipinski definition) is 2. The molecule has 2 aromatic rings.